The highest BCUT2D eigenvalue weighted by Crippen LogP contribution is 2.26. The third-order valence-electron chi connectivity index (χ3n) is 4.39. The van der Waals surface area contributed by atoms with Crippen LogP contribution in [-0.4, -0.2) is 50.1 Å². The Morgan fingerprint density at radius 3 is 2.64 bits per heavy atom. The lowest BCUT2D eigenvalue weighted by Crippen LogP contribution is -2.46. The molecule has 2 saturated heterocycles. The molecule has 0 radical (unpaired) electrons. The van der Waals surface area contributed by atoms with Crippen molar-refractivity contribution in [2.45, 2.75) is 38.1 Å². The van der Waals surface area contributed by atoms with Crippen LogP contribution >= 0.6 is 0 Å². The van der Waals surface area contributed by atoms with E-state index in [9.17, 15) is 4.79 Å². The molecule has 0 N–H and O–H groups in total. The molecule has 0 aliphatic carbocycles. The van der Waals surface area contributed by atoms with Crippen molar-refractivity contribution in [2.24, 2.45) is 0 Å². The van der Waals surface area contributed by atoms with Crippen molar-refractivity contribution < 1.29 is 19.0 Å². The Morgan fingerprint density at radius 2 is 1.95 bits per heavy atom. The number of hydrogen-bond donors (Lipinski definition) is 0. The molecule has 0 saturated carbocycles. The van der Waals surface area contributed by atoms with Gasteiger partial charge in [0.1, 0.15) is 0 Å². The molecular formula is C17H23NO4. The Labute approximate surface area is 131 Å². The zero-order valence-electron chi connectivity index (χ0n) is 13.0. The van der Waals surface area contributed by atoms with Gasteiger partial charge in [0.25, 0.3) is 0 Å². The van der Waals surface area contributed by atoms with Crippen LogP contribution in [0.4, 0.5) is 0 Å². The van der Waals surface area contributed by atoms with E-state index in [1.54, 1.807) is 0 Å². The number of nitrogens with zero attached hydrogens (tertiary/aromatic N) is 1. The minimum atomic E-state index is -0.296. The minimum Gasteiger partial charge on any atom is -0.465 e. The molecule has 2 aliphatic rings. The van der Waals surface area contributed by atoms with E-state index in [-0.39, 0.29) is 12.3 Å². The molecule has 5 heteroatoms. The summed E-state index contributed by atoms with van der Waals surface area (Å²) in [6, 6.07) is 7.96. The zero-order chi connectivity index (χ0) is 15.4. The first-order chi connectivity index (χ1) is 10.8. The summed E-state index contributed by atoms with van der Waals surface area (Å²) < 4.78 is 16.1. The first kappa shape index (κ1) is 15.5. The number of likely N-dealkylation sites (tertiary alicyclic amines) is 1. The normalized spacial score (nSPS) is 23.6. The Morgan fingerprint density at radius 1 is 1.23 bits per heavy atom. The second-order valence-corrected chi connectivity index (χ2v) is 5.83. The molecule has 0 amide bonds. The minimum absolute atomic E-state index is 0.0883. The molecule has 2 heterocycles. The van der Waals surface area contributed by atoms with Gasteiger partial charge in [0.2, 0.25) is 0 Å². The van der Waals surface area contributed by atoms with E-state index >= 15 is 0 Å². The van der Waals surface area contributed by atoms with Gasteiger partial charge in [-0.25, -0.2) is 4.79 Å². The van der Waals surface area contributed by atoms with Crippen LogP contribution in [0.1, 0.15) is 35.2 Å². The average Bonchev–Trinajstić information content (AvgIpc) is 3.10. The van der Waals surface area contributed by atoms with Gasteiger partial charge in [-0.15, -0.1) is 0 Å². The molecule has 1 unspecified atom stereocenters. The lowest BCUT2D eigenvalue weighted by molar-refractivity contribution is -0.111. The summed E-state index contributed by atoms with van der Waals surface area (Å²) in [6.45, 7) is 3.31. The van der Waals surface area contributed by atoms with Crippen LogP contribution in [0.5, 0.6) is 0 Å². The van der Waals surface area contributed by atoms with Gasteiger partial charge >= 0.3 is 5.97 Å². The van der Waals surface area contributed by atoms with Crippen molar-refractivity contribution in [1.29, 1.82) is 0 Å². The molecular weight excluding hydrogens is 282 g/mol. The van der Waals surface area contributed by atoms with E-state index in [2.05, 4.69) is 4.90 Å². The van der Waals surface area contributed by atoms with Crippen LogP contribution in [0, 0.1) is 0 Å². The van der Waals surface area contributed by atoms with Crippen LogP contribution in [0.3, 0.4) is 0 Å². The second kappa shape index (κ2) is 7.22. The molecule has 2 aliphatic heterocycles. The Balaban J connectivity index is 1.66. The quantitative estimate of drug-likeness (QED) is 0.798. The van der Waals surface area contributed by atoms with Crippen molar-refractivity contribution in [3.63, 3.8) is 0 Å². The largest absolute Gasteiger partial charge is 0.465 e. The van der Waals surface area contributed by atoms with E-state index in [1.165, 1.54) is 25.5 Å². The number of esters is 1. The first-order valence-electron chi connectivity index (χ1n) is 7.92. The number of methoxy groups -OCH3 is 1. The highest BCUT2D eigenvalue weighted by atomic mass is 16.7. The van der Waals surface area contributed by atoms with E-state index in [0.717, 1.165) is 19.5 Å². The number of benzene rings is 1. The highest BCUT2D eigenvalue weighted by Gasteiger charge is 2.33. The molecule has 0 spiro atoms. The maximum absolute atomic E-state index is 11.5. The maximum Gasteiger partial charge on any atom is 0.337 e. The lowest BCUT2D eigenvalue weighted by atomic mass is 10.0. The van der Waals surface area contributed by atoms with E-state index in [0.29, 0.717) is 24.8 Å². The summed E-state index contributed by atoms with van der Waals surface area (Å²) >= 11 is 0. The molecule has 3 rings (SSSR count). The molecule has 2 fully saturated rings. The van der Waals surface area contributed by atoms with Gasteiger partial charge in [-0.05, 0) is 37.1 Å². The molecule has 1 atom stereocenters. The molecule has 120 valence electrons. The number of piperidine rings is 1. The fraction of sp³-hybridized carbons (Fsp3) is 0.588. The summed E-state index contributed by atoms with van der Waals surface area (Å²) in [4.78, 5) is 13.9. The van der Waals surface area contributed by atoms with Crippen molar-refractivity contribution in [1.82, 2.24) is 4.90 Å². The standard InChI is InChI=1S/C17H23NO4/c1-20-16(19)14-7-5-13(6-8-14)12-18-9-3-2-4-15(18)17-21-10-11-22-17/h5-8,15,17H,2-4,9-12H2,1H3. The summed E-state index contributed by atoms with van der Waals surface area (Å²) in [7, 11) is 1.40. The number of carbonyl (C=O) groups excluding carboxylic acids is 1. The molecule has 1 aromatic carbocycles. The van der Waals surface area contributed by atoms with Gasteiger partial charge in [-0.3, -0.25) is 4.90 Å². The average molecular weight is 305 g/mol. The molecule has 22 heavy (non-hydrogen) atoms. The number of ether oxygens (including phenoxy) is 3. The van der Waals surface area contributed by atoms with Gasteiger partial charge < -0.3 is 14.2 Å². The third kappa shape index (κ3) is 3.48. The smallest absolute Gasteiger partial charge is 0.337 e. The third-order valence-corrected chi connectivity index (χ3v) is 4.39. The first-order valence-corrected chi connectivity index (χ1v) is 7.92. The zero-order valence-corrected chi connectivity index (χ0v) is 13.0. The Kier molecular flexibility index (Phi) is 5.08. The molecule has 1 aromatic rings. The van der Waals surface area contributed by atoms with Crippen LogP contribution in [-0.2, 0) is 20.8 Å². The summed E-state index contributed by atoms with van der Waals surface area (Å²) in [5, 5.41) is 0. The lowest BCUT2D eigenvalue weighted by Gasteiger charge is -2.38. The fourth-order valence-electron chi connectivity index (χ4n) is 3.22. The molecule has 5 nitrogen and oxygen atoms in total. The van der Waals surface area contributed by atoms with Crippen LogP contribution < -0.4 is 0 Å². The number of rotatable bonds is 4. The van der Waals surface area contributed by atoms with E-state index in [1.807, 2.05) is 24.3 Å². The van der Waals surface area contributed by atoms with Gasteiger partial charge in [0.15, 0.2) is 6.29 Å². The highest BCUT2D eigenvalue weighted by molar-refractivity contribution is 5.89. The van der Waals surface area contributed by atoms with E-state index in [4.69, 9.17) is 14.2 Å². The SMILES string of the molecule is COC(=O)c1ccc(CN2CCCCC2C2OCCO2)cc1. The van der Waals surface area contributed by atoms with Crippen molar-refractivity contribution in [2.75, 3.05) is 26.9 Å². The predicted octanol–water partition coefficient (Wildman–Crippen LogP) is 2.20. The summed E-state index contributed by atoms with van der Waals surface area (Å²) in [6.07, 6.45) is 3.47. The topological polar surface area (TPSA) is 48.0 Å². The summed E-state index contributed by atoms with van der Waals surface area (Å²) in [5.41, 5.74) is 1.78. The van der Waals surface area contributed by atoms with Crippen molar-refractivity contribution >= 4 is 5.97 Å². The van der Waals surface area contributed by atoms with Crippen LogP contribution in [0.25, 0.3) is 0 Å². The van der Waals surface area contributed by atoms with Crippen LogP contribution in [0.2, 0.25) is 0 Å². The van der Waals surface area contributed by atoms with Gasteiger partial charge in [0.05, 0.1) is 31.9 Å². The number of carbonyl (C=O) groups is 1. The molecule has 0 aromatic heterocycles. The second-order valence-electron chi connectivity index (χ2n) is 5.83. The van der Waals surface area contributed by atoms with Gasteiger partial charge in [0, 0.05) is 6.54 Å². The fourth-order valence-corrected chi connectivity index (χ4v) is 3.22. The van der Waals surface area contributed by atoms with Crippen molar-refractivity contribution in [3.8, 4) is 0 Å². The number of hydrogen-bond acceptors (Lipinski definition) is 5. The predicted molar refractivity (Wildman–Crippen MR) is 81.5 cm³/mol. The monoisotopic (exact) mass is 305 g/mol. The van der Waals surface area contributed by atoms with Crippen molar-refractivity contribution in [3.05, 3.63) is 35.4 Å². The summed E-state index contributed by atoms with van der Waals surface area (Å²) in [5.74, 6) is -0.296. The Hall–Kier alpha value is -1.43. The van der Waals surface area contributed by atoms with Gasteiger partial charge in [-0.1, -0.05) is 18.6 Å². The van der Waals surface area contributed by atoms with E-state index < -0.39 is 0 Å². The maximum atomic E-state index is 11.5. The van der Waals surface area contributed by atoms with Gasteiger partial charge in [-0.2, -0.15) is 0 Å². The van der Waals surface area contributed by atoms with Crippen LogP contribution in [0.15, 0.2) is 24.3 Å². The Bertz CT molecular complexity index is 496. The molecule has 0 bridgehead atoms.